The van der Waals surface area contributed by atoms with Crippen LogP contribution >= 0.6 is 11.3 Å². The summed E-state index contributed by atoms with van der Waals surface area (Å²) in [6.07, 6.45) is 1.92. The van der Waals surface area contributed by atoms with E-state index in [1.54, 1.807) is 29.5 Å². The smallest absolute Gasteiger partial charge is 0.228 e. The van der Waals surface area contributed by atoms with E-state index < -0.39 is 0 Å². The third-order valence-corrected chi connectivity index (χ3v) is 5.02. The van der Waals surface area contributed by atoms with Gasteiger partial charge < -0.3 is 9.32 Å². The number of aromatic nitrogens is 1. The van der Waals surface area contributed by atoms with Gasteiger partial charge in [-0.1, -0.05) is 23.8 Å². The molecule has 0 aliphatic carbocycles. The van der Waals surface area contributed by atoms with E-state index in [1.807, 2.05) is 36.6 Å². The lowest BCUT2D eigenvalue weighted by Gasteiger charge is -2.23. The molecule has 5 heteroatoms. The standard InChI is InChI=1S/C19H20N2O2S/c1-13-6-4-7-15(10-13)19-20-16(12-24-19)11-18(22)21(3)14(2)17-8-5-9-23-17/h4-10,12,14H,11H2,1-3H3. The van der Waals surface area contributed by atoms with Crippen LogP contribution in [0.15, 0.2) is 52.5 Å². The van der Waals surface area contributed by atoms with Gasteiger partial charge in [0.1, 0.15) is 10.8 Å². The fourth-order valence-corrected chi connectivity index (χ4v) is 3.33. The van der Waals surface area contributed by atoms with E-state index in [1.165, 1.54) is 5.56 Å². The highest BCUT2D eigenvalue weighted by atomic mass is 32.1. The summed E-state index contributed by atoms with van der Waals surface area (Å²) in [5.74, 6) is 0.810. The Morgan fingerprint density at radius 1 is 1.33 bits per heavy atom. The minimum atomic E-state index is -0.0950. The summed E-state index contributed by atoms with van der Waals surface area (Å²) in [7, 11) is 1.79. The second kappa shape index (κ2) is 7.01. The second-order valence-corrected chi connectivity index (χ2v) is 6.74. The Balaban J connectivity index is 1.69. The Labute approximate surface area is 145 Å². The van der Waals surface area contributed by atoms with Gasteiger partial charge in [-0.3, -0.25) is 4.79 Å². The van der Waals surface area contributed by atoms with Crippen LogP contribution < -0.4 is 0 Å². The average Bonchev–Trinajstić information content (AvgIpc) is 3.25. The van der Waals surface area contributed by atoms with Crippen molar-refractivity contribution in [1.29, 1.82) is 0 Å². The van der Waals surface area contributed by atoms with Crippen LogP contribution in [0.25, 0.3) is 10.6 Å². The van der Waals surface area contributed by atoms with Crippen molar-refractivity contribution < 1.29 is 9.21 Å². The molecule has 0 aliphatic heterocycles. The Hall–Kier alpha value is -2.40. The van der Waals surface area contributed by atoms with Gasteiger partial charge in [0.15, 0.2) is 0 Å². The molecule has 1 atom stereocenters. The quantitative estimate of drug-likeness (QED) is 0.688. The maximum Gasteiger partial charge on any atom is 0.228 e. The molecule has 0 bridgehead atoms. The number of furan rings is 1. The predicted octanol–water partition coefficient (Wildman–Crippen LogP) is 4.47. The van der Waals surface area contributed by atoms with Crippen molar-refractivity contribution >= 4 is 17.2 Å². The number of likely N-dealkylation sites (N-methyl/N-ethyl adjacent to an activating group) is 1. The van der Waals surface area contributed by atoms with Gasteiger partial charge in [-0.05, 0) is 32.0 Å². The molecule has 1 aromatic carbocycles. The molecule has 0 spiro atoms. The van der Waals surface area contributed by atoms with Crippen LogP contribution in [-0.4, -0.2) is 22.8 Å². The molecule has 2 heterocycles. The summed E-state index contributed by atoms with van der Waals surface area (Å²) in [4.78, 5) is 18.8. The number of carbonyl (C=O) groups is 1. The first kappa shape index (κ1) is 16.5. The van der Waals surface area contributed by atoms with Crippen LogP contribution in [0, 0.1) is 6.92 Å². The van der Waals surface area contributed by atoms with Crippen molar-refractivity contribution in [3.05, 3.63) is 65.1 Å². The predicted molar refractivity (Wildman–Crippen MR) is 95.9 cm³/mol. The molecule has 0 saturated heterocycles. The molecular weight excluding hydrogens is 320 g/mol. The Bertz CT molecular complexity index is 824. The maximum absolute atomic E-state index is 12.5. The fourth-order valence-electron chi connectivity index (χ4n) is 2.51. The van der Waals surface area contributed by atoms with Gasteiger partial charge in [0.05, 0.1) is 24.4 Å². The highest BCUT2D eigenvalue weighted by Gasteiger charge is 2.20. The topological polar surface area (TPSA) is 46.3 Å². The highest BCUT2D eigenvalue weighted by molar-refractivity contribution is 7.13. The summed E-state index contributed by atoms with van der Waals surface area (Å²) in [5, 5.41) is 2.91. The number of carbonyl (C=O) groups excluding carboxylic acids is 1. The lowest BCUT2D eigenvalue weighted by Crippen LogP contribution is -2.30. The summed E-state index contributed by atoms with van der Waals surface area (Å²) in [6.45, 7) is 4.02. The first-order chi connectivity index (χ1) is 11.5. The first-order valence-electron chi connectivity index (χ1n) is 7.85. The third kappa shape index (κ3) is 3.57. The molecular formula is C19H20N2O2S. The maximum atomic E-state index is 12.5. The molecule has 0 N–H and O–H groups in total. The van der Waals surface area contributed by atoms with Gasteiger partial charge in [-0.2, -0.15) is 0 Å². The first-order valence-corrected chi connectivity index (χ1v) is 8.73. The van der Waals surface area contributed by atoms with Crippen molar-refractivity contribution in [2.45, 2.75) is 26.3 Å². The van der Waals surface area contributed by atoms with E-state index >= 15 is 0 Å². The van der Waals surface area contributed by atoms with Gasteiger partial charge in [0, 0.05) is 18.0 Å². The van der Waals surface area contributed by atoms with Crippen molar-refractivity contribution in [1.82, 2.24) is 9.88 Å². The third-order valence-electron chi connectivity index (χ3n) is 4.08. The van der Waals surface area contributed by atoms with Crippen LogP contribution in [0.2, 0.25) is 0 Å². The Kier molecular flexibility index (Phi) is 4.81. The number of amides is 1. The lowest BCUT2D eigenvalue weighted by molar-refractivity contribution is -0.131. The summed E-state index contributed by atoms with van der Waals surface area (Å²) < 4.78 is 5.38. The van der Waals surface area contributed by atoms with Crippen LogP contribution in [0.3, 0.4) is 0 Å². The van der Waals surface area contributed by atoms with Gasteiger partial charge in [-0.25, -0.2) is 4.98 Å². The van der Waals surface area contributed by atoms with Crippen LogP contribution in [0.1, 0.15) is 30.0 Å². The molecule has 0 fully saturated rings. The minimum Gasteiger partial charge on any atom is -0.467 e. The van der Waals surface area contributed by atoms with E-state index in [9.17, 15) is 4.79 Å². The van der Waals surface area contributed by atoms with E-state index in [4.69, 9.17) is 4.42 Å². The SMILES string of the molecule is Cc1cccc(-c2nc(CC(=O)N(C)C(C)c3ccco3)cs2)c1. The molecule has 24 heavy (non-hydrogen) atoms. The van der Waals surface area contributed by atoms with E-state index in [0.717, 1.165) is 22.0 Å². The van der Waals surface area contributed by atoms with Crippen molar-refractivity contribution in [2.75, 3.05) is 7.05 Å². The molecule has 3 aromatic rings. The fraction of sp³-hybridized carbons (Fsp3) is 0.263. The van der Waals surface area contributed by atoms with E-state index in [-0.39, 0.29) is 11.9 Å². The molecule has 3 rings (SSSR count). The average molecular weight is 340 g/mol. The van der Waals surface area contributed by atoms with E-state index in [0.29, 0.717) is 6.42 Å². The van der Waals surface area contributed by atoms with Crippen LogP contribution in [0.4, 0.5) is 0 Å². The zero-order chi connectivity index (χ0) is 17.1. The number of benzene rings is 1. The molecule has 2 aromatic heterocycles. The molecule has 0 saturated carbocycles. The second-order valence-electron chi connectivity index (χ2n) is 5.89. The number of aryl methyl sites for hydroxylation is 1. The minimum absolute atomic E-state index is 0.0278. The Morgan fingerprint density at radius 2 is 2.17 bits per heavy atom. The molecule has 1 unspecified atom stereocenters. The van der Waals surface area contributed by atoms with Crippen LogP contribution in [0.5, 0.6) is 0 Å². The lowest BCUT2D eigenvalue weighted by atomic mass is 10.1. The zero-order valence-corrected chi connectivity index (χ0v) is 14.8. The van der Waals surface area contributed by atoms with Gasteiger partial charge in [0.2, 0.25) is 5.91 Å². The van der Waals surface area contributed by atoms with Crippen molar-refractivity contribution in [3.8, 4) is 10.6 Å². The number of hydrogen-bond donors (Lipinski definition) is 0. The zero-order valence-electron chi connectivity index (χ0n) is 14.0. The monoisotopic (exact) mass is 340 g/mol. The van der Waals surface area contributed by atoms with Crippen molar-refractivity contribution in [3.63, 3.8) is 0 Å². The molecule has 124 valence electrons. The number of thiazole rings is 1. The molecule has 1 amide bonds. The number of hydrogen-bond acceptors (Lipinski definition) is 4. The highest BCUT2D eigenvalue weighted by Crippen LogP contribution is 2.25. The molecule has 4 nitrogen and oxygen atoms in total. The van der Waals surface area contributed by atoms with Crippen LogP contribution in [-0.2, 0) is 11.2 Å². The summed E-state index contributed by atoms with van der Waals surface area (Å²) in [5.41, 5.74) is 3.10. The van der Waals surface area contributed by atoms with Gasteiger partial charge in [0.25, 0.3) is 0 Å². The number of nitrogens with zero attached hydrogens (tertiary/aromatic N) is 2. The van der Waals surface area contributed by atoms with Gasteiger partial charge >= 0.3 is 0 Å². The Morgan fingerprint density at radius 3 is 2.88 bits per heavy atom. The largest absolute Gasteiger partial charge is 0.467 e. The summed E-state index contributed by atoms with van der Waals surface area (Å²) in [6, 6.07) is 11.9. The molecule has 0 radical (unpaired) electrons. The normalized spacial score (nSPS) is 12.1. The summed E-state index contributed by atoms with van der Waals surface area (Å²) >= 11 is 1.57. The van der Waals surface area contributed by atoms with Gasteiger partial charge in [-0.15, -0.1) is 11.3 Å². The molecule has 0 aliphatic rings. The van der Waals surface area contributed by atoms with Crippen molar-refractivity contribution in [2.24, 2.45) is 0 Å². The van der Waals surface area contributed by atoms with E-state index in [2.05, 4.69) is 24.0 Å². The number of rotatable bonds is 5.